The summed E-state index contributed by atoms with van der Waals surface area (Å²) in [6.07, 6.45) is 0. The van der Waals surface area contributed by atoms with Crippen LogP contribution >= 0.6 is 0 Å². The van der Waals surface area contributed by atoms with E-state index in [4.69, 9.17) is 5.26 Å². The van der Waals surface area contributed by atoms with Crippen molar-refractivity contribution in [2.45, 2.75) is 20.4 Å². The molecule has 1 aromatic carbocycles. The summed E-state index contributed by atoms with van der Waals surface area (Å²) in [6.45, 7) is 7.34. The third kappa shape index (κ3) is 2.83. The minimum absolute atomic E-state index is 0.320. The summed E-state index contributed by atoms with van der Waals surface area (Å²) in [4.78, 5) is 2.32. The SMILES string of the molecule is CC1CN(Cc2cc(F)cc(C#N)c2)CC1C. The lowest BCUT2D eigenvalue weighted by Gasteiger charge is -2.15. The number of halogens is 1. The summed E-state index contributed by atoms with van der Waals surface area (Å²) < 4.78 is 13.3. The van der Waals surface area contributed by atoms with Gasteiger partial charge in [-0.2, -0.15) is 5.26 Å². The Balaban J connectivity index is 2.09. The van der Waals surface area contributed by atoms with E-state index < -0.39 is 0 Å². The number of rotatable bonds is 2. The summed E-state index contributed by atoms with van der Waals surface area (Å²) in [5.41, 5.74) is 1.29. The lowest BCUT2D eigenvalue weighted by molar-refractivity contribution is 0.315. The molecule has 1 aliphatic heterocycles. The second-order valence-corrected chi connectivity index (χ2v) is 5.11. The fraction of sp³-hybridized carbons (Fsp3) is 0.500. The van der Waals surface area contributed by atoms with Crippen LogP contribution in [0.3, 0.4) is 0 Å². The molecule has 2 atom stereocenters. The van der Waals surface area contributed by atoms with Gasteiger partial charge in [-0.15, -0.1) is 0 Å². The Bertz CT molecular complexity index is 440. The fourth-order valence-corrected chi connectivity index (χ4v) is 2.44. The smallest absolute Gasteiger partial charge is 0.124 e. The highest BCUT2D eigenvalue weighted by Gasteiger charge is 2.25. The Hall–Kier alpha value is -1.40. The maximum atomic E-state index is 13.3. The van der Waals surface area contributed by atoms with E-state index in [9.17, 15) is 4.39 Å². The molecule has 1 aliphatic rings. The van der Waals surface area contributed by atoms with Crippen LogP contribution in [0.1, 0.15) is 25.0 Å². The van der Waals surface area contributed by atoms with Crippen LogP contribution in [0.25, 0.3) is 0 Å². The van der Waals surface area contributed by atoms with Crippen LogP contribution in [0, 0.1) is 29.0 Å². The first-order valence-electron chi connectivity index (χ1n) is 6.00. The Morgan fingerprint density at radius 3 is 2.53 bits per heavy atom. The number of nitrogens with zero attached hydrogens (tertiary/aromatic N) is 2. The van der Waals surface area contributed by atoms with Gasteiger partial charge in [-0.1, -0.05) is 13.8 Å². The van der Waals surface area contributed by atoms with Crippen molar-refractivity contribution in [1.29, 1.82) is 5.26 Å². The van der Waals surface area contributed by atoms with Crippen molar-refractivity contribution in [2.24, 2.45) is 11.8 Å². The molecule has 2 nitrogen and oxygen atoms in total. The standard InChI is InChI=1S/C14H17FN2/c1-10-7-17(8-11(10)2)9-13-3-12(6-16)4-14(15)5-13/h3-5,10-11H,7-9H2,1-2H3. The van der Waals surface area contributed by atoms with Gasteiger partial charge < -0.3 is 0 Å². The largest absolute Gasteiger partial charge is 0.299 e. The summed E-state index contributed by atoms with van der Waals surface area (Å²) in [6, 6.07) is 6.57. The monoisotopic (exact) mass is 232 g/mol. The van der Waals surface area contributed by atoms with Crippen molar-refractivity contribution >= 4 is 0 Å². The van der Waals surface area contributed by atoms with Gasteiger partial charge in [-0.3, -0.25) is 4.90 Å². The molecule has 1 heterocycles. The van der Waals surface area contributed by atoms with E-state index in [1.54, 1.807) is 6.07 Å². The normalized spacial score (nSPS) is 24.8. The topological polar surface area (TPSA) is 27.0 Å². The summed E-state index contributed by atoms with van der Waals surface area (Å²) >= 11 is 0. The zero-order chi connectivity index (χ0) is 12.4. The van der Waals surface area contributed by atoms with E-state index in [2.05, 4.69) is 18.7 Å². The molecule has 2 rings (SSSR count). The van der Waals surface area contributed by atoms with Crippen LogP contribution in [0.5, 0.6) is 0 Å². The zero-order valence-corrected chi connectivity index (χ0v) is 10.3. The molecule has 1 aromatic rings. The number of hydrogen-bond acceptors (Lipinski definition) is 2. The first-order valence-corrected chi connectivity index (χ1v) is 6.00. The van der Waals surface area contributed by atoms with Gasteiger partial charge in [0.05, 0.1) is 11.6 Å². The van der Waals surface area contributed by atoms with Crippen LogP contribution in [0.4, 0.5) is 4.39 Å². The van der Waals surface area contributed by atoms with Gasteiger partial charge in [0.15, 0.2) is 0 Å². The van der Waals surface area contributed by atoms with Crippen molar-refractivity contribution in [3.05, 3.63) is 35.1 Å². The van der Waals surface area contributed by atoms with Gasteiger partial charge in [0.1, 0.15) is 5.82 Å². The predicted octanol–water partition coefficient (Wildman–Crippen LogP) is 2.79. The van der Waals surface area contributed by atoms with E-state index in [1.165, 1.54) is 12.1 Å². The molecule has 90 valence electrons. The minimum Gasteiger partial charge on any atom is -0.299 e. The lowest BCUT2D eigenvalue weighted by Crippen LogP contribution is -2.20. The maximum Gasteiger partial charge on any atom is 0.124 e. The number of nitriles is 1. The predicted molar refractivity (Wildman–Crippen MR) is 64.7 cm³/mol. The van der Waals surface area contributed by atoms with Gasteiger partial charge in [-0.25, -0.2) is 4.39 Å². The van der Waals surface area contributed by atoms with Crippen molar-refractivity contribution < 1.29 is 4.39 Å². The molecule has 3 heteroatoms. The second kappa shape index (κ2) is 4.85. The van der Waals surface area contributed by atoms with Gasteiger partial charge in [0.2, 0.25) is 0 Å². The average Bonchev–Trinajstić information content (AvgIpc) is 2.57. The molecular weight excluding hydrogens is 215 g/mol. The van der Waals surface area contributed by atoms with Crippen LogP contribution in [-0.2, 0) is 6.54 Å². The molecule has 1 saturated heterocycles. The maximum absolute atomic E-state index is 13.3. The molecule has 0 N–H and O–H groups in total. The third-order valence-corrected chi connectivity index (χ3v) is 3.56. The minimum atomic E-state index is -0.320. The number of benzene rings is 1. The van der Waals surface area contributed by atoms with E-state index in [-0.39, 0.29) is 5.82 Å². The molecule has 0 spiro atoms. The Labute approximate surface area is 102 Å². The highest BCUT2D eigenvalue weighted by molar-refractivity contribution is 5.33. The molecule has 2 unspecified atom stereocenters. The first kappa shape index (κ1) is 12.1. The van der Waals surface area contributed by atoms with E-state index >= 15 is 0 Å². The Morgan fingerprint density at radius 2 is 1.94 bits per heavy atom. The van der Waals surface area contributed by atoms with Crippen LogP contribution in [0.2, 0.25) is 0 Å². The van der Waals surface area contributed by atoms with Gasteiger partial charge in [0, 0.05) is 19.6 Å². The molecular formula is C14H17FN2. The highest BCUT2D eigenvalue weighted by atomic mass is 19.1. The quantitative estimate of drug-likeness (QED) is 0.784. The zero-order valence-electron chi connectivity index (χ0n) is 10.3. The van der Waals surface area contributed by atoms with Gasteiger partial charge in [-0.05, 0) is 35.6 Å². The molecule has 0 amide bonds. The highest BCUT2D eigenvalue weighted by Crippen LogP contribution is 2.24. The molecule has 0 aliphatic carbocycles. The molecule has 17 heavy (non-hydrogen) atoms. The van der Waals surface area contributed by atoms with Crippen molar-refractivity contribution in [1.82, 2.24) is 4.90 Å². The van der Waals surface area contributed by atoms with E-state index in [0.29, 0.717) is 17.4 Å². The van der Waals surface area contributed by atoms with Gasteiger partial charge >= 0.3 is 0 Å². The number of hydrogen-bond donors (Lipinski definition) is 0. The first-order chi connectivity index (χ1) is 8.08. The van der Waals surface area contributed by atoms with Crippen molar-refractivity contribution in [2.75, 3.05) is 13.1 Å². The van der Waals surface area contributed by atoms with Crippen molar-refractivity contribution in [3.63, 3.8) is 0 Å². The van der Waals surface area contributed by atoms with Gasteiger partial charge in [0.25, 0.3) is 0 Å². The molecule has 0 bridgehead atoms. The van der Waals surface area contributed by atoms with Crippen LogP contribution in [-0.4, -0.2) is 18.0 Å². The Morgan fingerprint density at radius 1 is 1.29 bits per heavy atom. The Kier molecular flexibility index (Phi) is 3.44. The summed E-state index contributed by atoms with van der Waals surface area (Å²) in [5.74, 6) is 1.07. The van der Waals surface area contributed by atoms with Crippen LogP contribution in [0.15, 0.2) is 18.2 Å². The summed E-state index contributed by atoms with van der Waals surface area (Å²) in [7, 11) is 0. The molecule has 0 radical (unpaired) electrons. The van der Waals surface area contributed by atoms with E-state index in [0.717, 1.165) is 25.2 Å². The number of likely N-dealkylation sites (tertiary alicyclic amines) is 1. The molecule has 1 fully saturated rings. The van der Waals surface area contributed by atoms with Crippen molar-refractivity contribution in [3.8, 4) is 6.07 Å². The lowest BCUT2D eigenvalue weighted by atomic mass is 10.0. The van der Waals surface area contributed by atoms with Crippen LogP contribution < -0.4 is 0 Å². The van der Waals surface area contributed by atoms with E-state index in [1.807, 2.05) is 6.07 Å². The second-order valence-electron chi connectivity index (χ2n) is 5.11. The third-order valence-electron chi connectivity index (χ3n) is 3.56. The molecule has 0 aromatic heterocycles. The molecule has 0 saturated carbocycles. The fourth-order valence-electron chi connectivity index (χ4n) is 2.44. The summed E-state index contributed by atoms with van der Waals surface area (Å²) in [5, 5.41) is 8.80. The average molecular weight is 232 g/mol.